The molecule has 0 atom stereocenters. The van der Waals surface area contributed by atoms with E-state index in [0.29, 0.717) is 18.8 Å². The quantitative estimate of drug-likeness (QED) is 0.609. The van der Waals surface area contributed by atoms with Crippen molar-refractivity contribution >= 4 is 5.97 Å². The number of aromatic carboxylic acids is 1. The minimum Gasteiger partial charge on any atom is -0.494 e. The Morgan fingerprint density at radius 1 is 0.950 bits per heavy atom. The van der Waals surface area contributed by atoms with Gasteiger partial charge in [0.1, 0.15) is 5.75 Å². The number of hydrogen-bond donors (Lipinski definition) is 1. The Labute approximate surface area is 119 Å². The lowest BCUT2D eigenvalue weighted by Crippen LogP contribution is -1.99. The second-order valence-electron chi connectivity index (χ2n) is 4.84. The summed E-state index contributed by atoms with van der Waals surface area (Å²) >= 11 is 0. The first-order valence-electron chi connectivity index (χ1n) is 7.26. The highest BCUT2D eigenvalue weighted by Crippen LogP contribution is 2.13. The maximum absolute atomic E-state index is 11.9. The molecule has 0 aliphatic heterocycles. The van der Waals surface area contributed by atoms with Crippen LogP contribution in [0.1, 0.15) is 55.3 Å². The number of rotatable bonds is 11. The molecule has 1 aromatic carbocycles. The summed E-state index contributed by atoms with van der Waals surface area (Å²) in [7, 11) is 0. The molecule has 112 valence electrons. The number of carboxylic acid groups (broad SMARTS) is 1. The number of alkyl halides is 1. The van der Waals surface area contributed by atoms with Gasteiger partial charge in [0.25, 0.3) is 0 Å². The normalized spacial score (nSPS) is 10.4. The molecule has 20 heavy (non-hydrogen) atoms. The van der Waals surface area contributed by atoms with E-state index in [1.165, 1.54) is 0 Å². The van der Waals surface area contributed by atoms with Gasteiger partial charge in [0.2, 0.25) is 0 Å². The van der Waals surface area contributed by atoms with Crippen molar-refractivity contribution in [1.82, 2.24) is 0 Å². The Balaban J connectivity index is 2.02. The summed E-state index contributed by atoms with van der Waals surface area (Å²) < 4.78 is 17.4. The molecule has 0 saturated carbocycles. The average Bonchev–Trinajstić information content (AvgIpc) is 2.46. The fraction of sp³-hybridized carbons (Fsp3) is 0.562. The van der Waals surface area contributed by atoms with Gasteiger partial charge in [0.15, 0.2) is 0 Å². The average molecular weight is 282 g/mol. The van der Waals surface area contributed by atoms with Crippen molar-refractivity contribution in [2.45, 2.75) is 44.9 Å². The summed E-state index contributed by atoms with van der Waals surface area (Å²) in [5, 5.41) is 8.76. The molecule has 0 aliphatic rings. The molecule has 4 heteroatoms. The van der Waals surface area contributed by atoms with Gasteiger partial charge in [-0.05, 0) is 37.1 Å². The summed E-state index contributed by atoms with van der Waals surface area (Å²) in [4.78, 5) is 10.7. The van der Waals surface area contributed by atoms with E-state index in [4.69, 9.17) is 9.84 Å². The van der Waals surface area contributed by atoms with Gasteiger partial charge >= 0.3 is 5.97 Å². The van der Waals surface area contributed by atoms with E-state index in [1.807, 2.05) is 0 Å². The standard InChI is InChI=1S/C16H23FO3/c17-12-6-4-2-1-3-5-7-13-20-15-10-8-14(9-11-15)16(18)19/h8-11H,1-7,12-13H2,(H,18,19). The molecule has 0 heterocycles. The highest BCUT2D eigenvalue weighted by atomic mass is 19.1. The Morgan fingerprint density at radius 3 is 2.05 bits per heavy atom. The molecule has 0 radical (unpaired) electrons. The summed E-state index contributed by atoms with van der Waals surface area (Å²) in [6, 6.07) is 6.45. The molecule has 0 unspecified atom stereocenters. The third-order valence-corrected chi connectivity index (χ3v) is 3.15. The molecular weight excluding hydrogens is 259 g/mol. The van der Waals surface area contributed by atoms with E-state index in [9.17, 15) is 9.18 Å². The van der Waals surface area contributed by atoms with E-state index >= 15 is 0 Å². The van der Waals surface area contributed by atoms with Crippen LogP contribution in [-0.2, 0) is 0 Å². The smallest absolute Gasteiger partial charge is 0.335 e. The van der Waals surface area contributed by atoms with Crippen molar-refractivity contribution in [3.63, 3.8) is 0 Å². The molecule has 1 aromatic rings. The second-order valence-corrected chi connectivity index (χ2v) is 4.84. The van der Waals surface area contributed by atoms with E-state index in [1.54, 1.807) is 24.3 Å². The molecule has 0 spiro atoms. The third-order valence-electron chi connectivity index (χ3n) is 3.15. The highest BCUT2D eigenvalue weighted by Gasteiger charge is 2.01. The van der Waals surface area contributed by atoms with Gasteiger partial charge in [-0.25, -0.2) is 4.79 Å². The van der Waals surface area contributed by atoms with Gasteiger partial charge in [-0.15, -0.1) is 0 Å². The zero-order valence-electron chi connectivity index (χ0n) is 11.8. The SMILES string of the molecule is O=C(O)c1ccc(OCCCCCCCCCF)cc1. The zero-order valence-corrected chi connectivity index (χ0v) is 11.8. The summed E-state index contributed by atoms with van der Waals surface area (Å²) in [6.45, 7) is 0.450. The lowest BCUT2D eigenvalue weighted by atomic mass is 10.1. The molecule has 1 N–H and O–H groups in total. The van der Waals surface area contributed by atoms with Crippen LogP contribution in [0.4, 0.5) is 4.39 Å². The lowest BCUT2D eigenvalue weighted by Gasteiger charge is -2.06. The van der Waals surface area contributed by atoms with Crippen molar-refractivity contribution in [2.24, 2.45) is 0 Å². The van der Waals surface area contributed by atoms with E-state index < -0.39 is 5.97 Å². The number of carbonyl (C=O) groups is 1. The predicted octanol–water partition coefficient (Wildman–Crippen LogP) is 4.46. The highest BCUT2D eigenvalue weighted by molar-refractivity contribution is 5.87. The molecule has 0 saturated heterocycles. The van der Waals surface area contributed by atoms with Crippen LogP contribution in [0.2, 0.25) is 0 Å². The van der Waals surface area contributed by atoms with Crippen LogP contribution in [0.5, 0.6) is 5.75 Å². The molecule has 0 aliphatic carbocycles. The molecule has 3 nitrogen and oxygen atoms in total. The fourth-order valence-corrected chi connectivity index (χ4v) is 1.96. The monoisotopic (exact) mass is 282 g/mol. The van der Waals surface area contributed by atoms with Crippen LogP contribution >= 0.6 is 0 Å². The third kappa shape index (κ3) is 7.12. The molecule has 1 rings (SSSR count). The van der Waals surface area contributed by atoms with E-state index in [-0.39, 0.29) is 12.2 Å². The van der Waals surface area contributed by atoms with Crippen molar-refractivity contribution in [3.05, 3.63) is 29.8 Å². The number of ether oxygens (including phenoxy) is 1. The van der Waals surface area contributed by atoms with Crippen molar-refractivity contribution in [3.8, 4) is 5.75 Å². The molecule has 0 amide bonds. The maximum Gasteiger partial charge on any atom is 0.335 e. The number of benzene rings is 1. The number of carboxylic acids is 1. The van der Waals surface area contributed by atoms with E-state index in [0.717, 1.165) is 38.5 Å². The Bertz CT molecular complexity index is 376. The van der Waals surface area contributed by atoms with Crippen molar-refractivity contribution in [2.75, 3.05) is 13.3 Å². The van der Waals surface area contributed by atoms with Gasteiger partial charge < -0.3 is 9.84 Å². The number of halogens is 1. The van der Waals surface area contributed by atoms with Gasteiger partial charge in [0, 0.05) is 0 Å². The van der Waals surface area contributed by atoms with Crippen LogP contribution in [0.3, 0.4) is 0 Å². The van der Waals surface area contributed by atoms with Crippen LogP contribution in [-0.4, -0.2) is 24.4 Å². The first kappa shape index (κ1) is 16.5. The Kier molecular flexibility index (Phi) is 8.43. The summed E-state index contributed by atoms with van der Waals surface area (Å²) in [6.07, 6.45) is 7.22. The summed E-state index contributed by atoms with van der Waals surface area (Å²) in [5.74, 6) is -0.220. The molecular formula is C16H23FO3. The van der Waals surface area contributed by atoms with Gasteiger partial charge in [-0.1, -0.05) is 32.1 Å². The largest absolute Gasteiger partial charge is 0.494 e. The van der Waals surface area contributed by atoms with Gasteiger partial charge in [-0.2, -0.15) is 0 Å². The van der Waals surface area contributed by atoms with Crippen molar-refractivity contribution < 1.29 is 19.0 Å². The zero-order chi connectivity index (χ0) is 14.6. The molecule has 0 bridgehead atoms. The first-order chi connectivity index (χ1) is 9.74. The van der Waals surface area contributed by atoms with Crippen molar-refractivity contribution in [1.29, 1.82) is 0 Å². The molecule has 0 aromatic heterocycles. The second kappa shape index (κ2) is 10.2. The number of unbranched alkanes of at least 4 members (excludes halogenated alkanes) is 6. The Hall–Kier alpha value is -1.58. The van der Waals surface area contributed by atoms with Gasteiger partial charge in [-0.3, -0.25) is 4.39 Å². The Morgan fingerprint density at radius 2 is 1.50 bits per heavy atom. The maximum atomic E-state index is 11.9. The molecule has 0 fully saturated rings. The predicted molar refractivity (Wildman–Crippen MR) is 77.2 cm³/mol. The summed E-state index contributed by atoms with van der Waals surface area (Å²) in [5.41, 5.74) is 0.269. The minimum atomic E-state index is -0.927. The first-order valence-corrected chi connectivity index (χ1v) is 7.26. The van der Waals surface area contributed by atoms with Crippen LogP contribution in [0.25, 0.3) is 0 Å². The number of hydrogen-bond acceptors (Lipinski definition) is 2. The van der Waals surface area contributed by atoms with E-state index in [2.05, 4.69) is 0 Å². The minimum absolute atomic E-state index is 0.200. The van der Waals surface area contributed by atoms with Crippen LogP contribution in [0, 0.1) is 0 Å². The van der Waals surface area contributed by atoms with Gasteiger partial charge in [0.05, 0.1) is 18.8 Å². The lowest BCUT2D eigenvalue weighted by molar-refractivity contribution is 0.0697. The fourth-order valence-electron chi connectivity index (χ4n) is 1.96. The van der Waals surface area contributed by atoms with Crippen LogP contribution in [0.15, 0.2) is 24.3 Å². The topological polar surface area (TPSA) is 46.5 Å². The van der Waals surface area contributed by atoms with Crippen LogP contribution < -0.4 is 4.74 Å².